The van der Waals surface area contributed by atoms with E-state index in [9.17, 15) is 0 Å². The molecule has 0 amide bonds. The van der Waals surface area contributed by atoms with E-state index in [0.717, 1.165) is 27.9 Å². The lowest BCUT2D eigenvalue weighted by Gasteiger charge is -2.15. The molecule has 264 valence electrons. The molecule has 4 aromatic heterocycles. The lowest BCUT2D eigenvalue weighted by Crippen LogP contribution is -2.01. The summed E-state index contributed by atoms with van der Waals surface area (Å²) in [4.78, 5) is 16.1. The quantitative estimate of drug-likeness (QED) is 0.180. The van der Waals surface area contributed by atoms with Crippen LogP contribution < -0.4 is 0 Å². The molecule has 57 heavy (non-hydrogen) atoms. The topological polar surface area (TPSA) is 43.6 Å². The Balaban J connectivity index is 1.10. The molecule has 4 nitrogen and oxygen atoms in total. The molecular weight excluding hydrogens is 733 g/mol. The van der Waals surface area contributed by atoms with Gasteiger partial charge in [0.05, 0.1) is 16.7 Å². The Morgan fingerprint density at radius 3 is 1.51 bits per heavy atom. The Labute approximate surface area is 334 Å². The Morgan fingerprint density at radius 2 is 0.842 bits per heavy atom. The van der Waals surface area contributed by atoms with Gasteiger partial charge in [-0.3, -0.25) is 0 Å². The van der Waals surface area contributed by atoms with Crippen LogP contribution in [0.1, 0.15) is 0 Å². The van der Waals surface area contributed by atoms with Gasteiger partial charge in [-0.1, -0.05) is 121 Å². The summed E-state index contributed by atoms with van der Waals surface area (Å²) in [6.07, 6.45) is 0. The van der Waals surface area contributed by atoms with Crippen molar-refractivity contribution in [1.29, 1.82) is 0 Å². The van der Waals surface area contributed by atoms with Crippen molar-refractivity contribution < 1.29 is 0 Å². The number of benzene rings is 8. The van der Waals surface area contributed by atoms with Gasteiger partial charge in [0, 0.05) is 78.9 Å². The van der Waals surface area contributed by atoms with Gasteiger partial charge in [0.25, 0.3) is 0 Å². The molecule has 8 aromatic carbocycles. The lowest BCUT2D eigenvalue weighted by molar-refractivity contribution is 1.08. The average molecular weight is 761 g/mol. The van der Waals surface area contributed by atoms with Crippen molar-refractivity contribution in [3.8, 4) is 62.1 Å². The Hall–Kier alpha value is -6.99. The summed E-state index contributed by atoms with van der Waals surface area (Å²) in [5, 5.41) is 7.44. The van der Waals surface area contributed by atoms with E-state index < -0.39 is 0 Å². The molecule has 13 rings (SSSR count). The first-order chi connectivity index (χ1) is 28.3. The van der Waals surface area contributed by atoms with Crippen LogP contribution in [0, 0.1) is 0 Å². The van der Waals surface area contributed by atoms with Crippen molar-refractivity contribution in [2.45, 2.75) is 0 Å². The molecule has 0 saturated heterocycles. The van der Waals surface area contributed by atoms with Crippen molar-refractivity contribution in [3.63, 3.8) is 0 Å². The van der Waals surface area contributed by atoms with E-state index in [2.05, 4.69) is 174 Å². The molecule has 12 aromatic rings. The predicted octanol–water partition coefficient (Wildman–Crippen LogP) is 14.4. The van der Waals surface area contributed by atoms with Gasteiger partial charge >= 0.3 is 0 Å². The van der Waals surface area contributed by atoms with Gasteiger partial charge in [-0.15, -0.1) is 22.7 Å². The van der Waals surface area contributed by atoms with Crippen LogP contribution in [0.4, 0.5) is 0 Å². The van der Waals surface area contributed by atoms with Crippen LogP contribution in [0.15, 0.2) is 170 Å². The molecule has 1 aliphatic rings. The van der Waals surface area contributed by atoms with Gasteiger partial charge in [-0.2, -0.15) is 0 Å². The van der Waals surface area contributed by atoms with Gasteiger partial charge in [-0.05, 0) is 59.7 Å². The average Bonchev–Trinajstić information content (AvgIpc) is 3.93. The second-order valence-electron chi connectivity index (χ2n) is 14.7. The van der Waals surface area contributed by atoms with Gasteiger partial charge in [0.1, 0.15) is 0 Å². The first kappa shape index (κ1) is 31.2. The first-order valence-corrected chi connectivity index (χ1v) is 20.7. The molecule has 0 unspecified atom stereocenters. The minimum absolute atomic E-state index is 0.649. The van der Waals surface area contributed by atoms with E-state index >= 15 is 0 Å². The standard InChI is InChI=1S/C51H28N4S2/c1-2-13-31-30(12-1)35-17-9-18-36-32-14-3-6-23-42(32)55(46(35)36)43-27-26-29(28-41(31)43)49-52-50(39-21-10-19-37-33-15-4-7-24-44(33)56-47(37)39)54-51(53-49)40-22-11-20-38-34-16-5-8-25-45(34)57-48(38)40/h1-28H. The van der Waals surface area contributed by atoms with Crippen molar-refractivity contribution in [2.75, 3.05) is 0 Å². The van der Waals surface area contributed by atoms with E-state index in [1.165, 1.54) is 78.8 Å². The third kappa shape index (κ3) is 4.45. The highest BCUT2D eigenvalue weighted by Gasteiger charge is 2.26. The van der Waals surface area contributed by atoms with Gasteiger partial charge in [-0.25, -0.2) is 15.0 Å². The van der Waals surface area contributed by atoms with Gasteiger partial charge in [0.2, 0.25) is 0 Å². The maximum absolute atomic E-state index is 5.37. The molecule has 0 spiro atoms. The predicted molar refractivity (Wildman–Crippen MR) is 241 cm³/mol. The zero-order valence-corrected chi connectivity index (χ0v) is 31.9. The zero-order valence-electron chi connectivity index (χ0n) is 30.3. The highest BCUT2D eigenvalue weighted by Crippen LogP contribution is 2.48. The molecular formula is C51H28N4S2. The van der Waals surface area contributed by atoms with E-state index in [4.69, 9.17) is 15.0 Å². The molecule has 0 aliphatic carbocycles. The van der Waals surface area contributed by atoms with Gasteiger partial charge in [0.15, 0.2) is 17.5 Å². The minimum Gasteiger partial charge on any atom is -0.308 e. The van der Waals surface area contributed by atoms with E-state index in [1.807, 2.05) is 0 Å². The van der Waals surface area contributed by atoms with Crippen LogP contribution in [0.2, 0.25) is 0 Å². The van der Waals surface area contributed by atoms with Crippen molar-refractivity contribution in [3.05, 3.63) is 170 Å². The second kappa shape index (κ2) is 11.8. The van der Waals surface area contributed by atoms with Crippen LogP contribution in [-0.2, 0) is 0 Å². The van der Waals surface area contributed by atoms with Crippen molar-refractivity contribution in [1.82, 2.24) is 19.5 Å². The summed E-state index contributed by atoms with van der Waals surface area (Å²) in [6.45, 7) is 0. The summed E-state index contributed by atoms with van der Waals surface area (Å²) < 4.78 is 7.31. The maximum atomic E-state index is 5.37. The first-order valence-electron chi connectivity index (χ1n) is 19.1. The van der Waals surface area contributed by atoms with E-state index in [1.54, 1.807) is 22.7 Å². The molecule has 1 aliphatic heterocycles. The summed E-state index contributed by atoms with van der Waals surface area (Å²) in [7, 11) is 0. The third-order valence-electron chi connectivity index (χ3n) is 11.6. The number of nitrogens with zero attached hydrogens (tertiary/aromatic N) is 4. The van der Waals surface area contributed by atoms with Crippen LogP contribution >= 0.6 is 22.7 Å². The van der Waals surface area contributed by atoms with Crippen LogP contribution in [-0.4, -0.2) is 19.5 Å². The normalized spacial score (nSPS) is 12.2. The number of thiophene rings is 2. The minimum atomic E-state index is 0.649. The van der Waals surface area contributed by atoms with Gasteiger partial charge < -0.3 is 4.57 Å². The molecule has 6 heteroatoms. The lowest BCUT2D eigenvalue weighted by atomic mass is 9.93. The SMILES string of the molecule is c1ccc2c(c1)-c1cc(-c3nc(-c4cccc5c4sc4ccccc45)nc(-c4cccc5c4sc4ccccc45)n3)ccc1-n1c3ccccc3c3cccc-2c31. The number of fused-ring (bicyclic) bond motifs is 14. The summed E-state index contributed by atoms with van der Waals surface area (Å²) >= 11 is 3.59. The number of rotatable bonds is 3. The van der Waals surface area contributed by atoms with Crippen LogP contribution in [0.5, 0.6) is 0 Å². The summed E-state index contributed by atoms with van der Waals surface area (Å²) in [5.74, 6) is 1.99. The Morgan fingerprint density at radius 1 is 0.351 bits per heavy atom. The van der Waals surface area contributed by atoms with E-state index in [-0.39, 0.29) is 0 Å². The third-order valence-corrected chi connectivity index (χ3v) is 14.1. The van der Waals surface area contributed by atoms with Crippen LogP contribution in [0.25, 0.3) is 124 Å². The van der Waals surface area contributed by atoms with Crippen LogP contribution in [0.3, 0.4) is 0 Å². The molecule has 0 N–H and O–H groups in total. The summed E-state index contributed by atoms with van der Waals surface area (Å²) in [6, 6.07) is 61.3. The highest BCUT2D eigenvalue weighted by atomic mass is 32.1. The highest BCUT2D eigenvalue weighted by molar-refractivity contribution is 7.26. The fourth-order valence-electron chi connectivity index (χ4n) is 9.12. The smallest absolute Gasteiger partial charge is 0.165 e. The Bertz CT molecular complexity index is 3530. The molecule has 0 radical (unpaired) electrons. The molecule has 5 heterocycles. The van der Waals surface area contributed by atoms with E-state index in [0.29, 0.717) is 17.5 Å². The molecule has 0 fully saturated rings. The fourth-order valence-corrected chi connectivity index (χ4v) is 11.5. The number of hydrogen-bond acceptors (Lipinski definition) is 5. The fraction of sp³-hybridized carbons (Fsp3) is 0. The maximum Gasteiger partial charge on any atom is 0.165 e. The largest absolute Gasteiger partial charge is 0.308 e. The Kier molecular flexibility index (Phi) is 6.45. The number of aromatic nitrogens is 4. The molecule has 0 bridgehead atoms. The number of hydrogen-bond donors (Lipinski definition) is 0. The zero-order chi connectivity index (χ0) is 37.2. The molecule has 0 atom stereocenters. The van der Waals surface area contributed by atoms with Crippen molar-refractivity contribution >= 4 is 84.8 Å². The van der Waals surface area contributed by atoms with Crippen molar-refractivity contribution in [2.24, 2.45) is 0 Å². The summed E-state index contributed by atoms with van der Waals surface area (Å²) in [5.41, 5.74) is 11.3. The number of para-hydroxylation sites is 2. The molecule has 0 saturated carbocycles. The second-order valence-corrected chi connectivity index (χ2v) is 16.8. The monoisotopic (exact) mass is 760 g/mol.